The Kier molecular flexibility index (Phi) is 7.29. The number of halogens is 3. The van der Waals surface area contributed by atoms with Gasteiger partial charge >= 0.3 is 6.18 Å². The maximum absolute atomic E-state index is 12.9. The first-order chi connectivity index (χ1) is 13.1. The summed E-state index contributed by atoms with van der Waals surface area (Å²) in [5.74, 6) is -0.215. The second-order valence-electron chi connectivity index (χ2n) is 7.31. The first-order valence-corrected chi connectivity index (χ1v) is 9.20. The highest BCUT2D eigenvalue weighted by Crippen LogP contribution is 2.36. The van der Waals surface area contributed by atoms with Crippen molar-refractivity contribution in [3.63, 3.8) is 0 Å². The number of carbonyl (C=O) groups is 2. The first kappa shape index (κ1) is 22.0. The molecule has 1 aliphatic rings. The van der Waals surface area contributed by atoms with Crippen LogP contribution in [0, 0.1) is 5.92 Å². The van der Waals surface area contributed by atoms with Gasteiger partial charge in [-0.1, -0.05) is 6.07 Å². The summed E-state index contributed by atoms with van der Waals surface area (Å²) in [6.07, 6.45) is -2.76. The summed E-state index contributed by atoms with van der Waals surface area (Å²) >= 11 is 0. The van der Waals surface area contributed by atoms with E-state index in [9.17, 15) is 22.8 Å². The number of quaternary nitrogens is 1. The third kappa shape index (κ3) is 7.03. The lowest BCUT2D eigenvalue weighted by molar-refractivity contribution is -0.862. The minimum absolute atomic E-state index is 0.0411. The number of likely N-dealkylation sites (N-methyl/N-ethyl adjacent to an activating group) is 1. The highest BCUT2D eigenvalue weighted by atomic mass is 19.4. The van der Waals surface area contributed by atoms with Crippen molar-refractivity contribution < 1.29 is 32.4 Å². The van der Waals surface area contributed by atoms with Gasteiger partial charge in [-0.25, -0.2) is 0 Å². The molecule has 0 saturated heterocycles. The fourth-order valence-corrected chi connectivity index (χ4v) is 3.09. The predicted molar refractivity (Wildman–Crippen MR) is 98.2 cm³/mol. The molecule has 0 radical (unpaired) electrons. The molecule has 2 N–H and O–H groups in total. The fraction of sp³-hybridized carbons (Fsp3) is 0.579. The molecular formula is C19H27F3N3O3+. The van der Waals surface area contributed by atoms with Crippen molar-refractivity contribution >= 4 is 17.5 Å². The molecule has 1 aromatic rings. The Labute approximate surface area is 162 Å². The molecule has 9 heteroatoms. The number of ether oxygens (including phenoxy) is 1. The molecule has 2 atom stereocenters. The molecule has 0 heterocycles. The van der Waals surface area contributed by atoms with Gasteiger partial charge in [-0.15, -0.1) is 0 Å². The zero-order valence-corrected chi connectivity index (χ0v) is 16.3. The second-order valence-corrected chi connectivity index (χ2v) is 7.31. The van der Waals surface area contributed by atoms with E-state index in [-0.39, 0.29) is 24.9 Å². The molecule has 0 aliphatic heterocycles. The number of rotatable bonds is 9. The first-order valence-electron chi connectivity index (χ1n) is 9.20. The summed E-state index contributed by atoms with van der Waals surface area (Å²) in [5, 5.41) is 2.69. The third-order valence-electron chi connectivity index (χ3n) is 4.73. The summed E-state index contributed by atoms with van der Waals surface area (Å²) < 4.78 is 43.7. The Bertz CT molecular complexity index is 692. The van der Waals surface area contributed by atoms with Gasteiger partial charge in [-0.3, -0.25) is 9.59 Å². The molecular weight excluding hydrogens is 375 g/mol. The maximum Gasteiger partial charge on any atom is 0.406 e. The summed E-state index contributed by atoms with van der Waals surface area (Å²) in [6, 6.07) is 6.36. The van der Waals surface area contributed by atoms with Gasteiger partial charge in [0.2, 0.25) is 0 Å². The summed E-state index contributed by atoms with van der Waals surface area (Å²) in [4.78, 5) is 26.1. The standard InChI is InChI=1S/C19H26F3N3O3/c1-13(14-7-8-14)25(12-19(20,21)22)18(27)11-24(2)10-17(26)23-15-5-4-6-16(9-15)28-3/h4-6,9,13-14H,7-8,10-12H2,1-3H3,(H,23,26)/p+1/t13-/m1/s1. The van der Waals surface area contributed by atoms with Crippen molar-refractivity contribution in [1.82, 2.24) is 4.90 Å². The topological polar surface area (TPSA) is 63.1 Å². The molecule has 2 rings (SSSR count). The lowest BCUT2D eigenvalue weighted by atomic mass is 10.1. The van der Waals surface area contributed by atoms with Crippen molar-refractivity contribution in [2.24, 2.45) is 5.92 Å². The van der Waals surface area contributed by atoms with Crippen LogP contribution in [0.25, 0.3) is 0 Å². The molecule has 0 bridgehead atoms. The van der Waals surface area contributed by atoms with Crippen LogP contribution < -0.4 is 15.0 Å². The van der Waals surface area contributed by atoms with Crippen molar-refractivity contribution in [2.45, 2.75) is 32.0 Å². The molecule has 1 aliphatic carbocycles. The van der Waals surface area contributed by atoms with Gasteiger partial charge < -0.3 is 19.9 Å². The minimum atomic E-state index is -4.45. The van der Waals surface area contributed by atoms with Crippen LogP contribution in [0.15, 0.2) is 24.3 Å². The van der Waals surface area contributed by atoms with Crippen molar-refractivity contribution in [2.75, 3.05) is 39.1 Å². The number of carbonyl (C=O) groups excluding carboxylic acids is 2. The number of amides is 2. The number of alkyl halides is 3. The average Bonchev–Trinajstić information content (AvgIpc) is 3.43. The van der Waals surface area contributed by atoms with E-state index >= 15 is 0 Å². The fourth-order valence-electron chi connectivity index (χ4n) is 3.09. The summed E-state index contributed by atoms with van der Waals surface area (Å²) in [5.41, 5.74) is 0.546. The van der Waals surface area contributed by atoms with Gasteiger partial charge in [0, 0.05) is 17.8 Å². The van der Waals surface area contributed by atoms with E-state index in [1.165, 1.54) is 7.11 Å². The van der Waals surface area contributed by atoms with E-state index < -0.39 is 24.7 Å². The Hall–Kier alpha value is -2.29. The smallest absolute Gasteiger partial charge is 0.406 e. The van der Waals surface area contributed by atoms with Gasteiger partial charge in [-0.2, -0.15) is 13.2 Å². The zero-order chi connectivity index (χ0) is 20.9. The van der Waals surface area contributed by atoms with Crippen LogP contribution in [-0.4, -0.2) is 62.7 Å². The van der Waals surface area contributed by atoms with Gasteiger partial charge in [0.1, 0.15) is 12.3 Å². The monoisotopic (exact) mass is 402 g/mol. The Morgan fingerprint density at radius 1 is 1.32 bits per heavy atom. The highest BCUT2D eigenvalue weighted by molar-refractivity contribution is 5.91. The number of nitrogens with zero attached hydrogens (tertiary/aromatic N) is 1. The van der Waals surface area contributed by atoms with Gasteiger partial charge in [-0.05, 0) is 37.8 Å². The number of hydrogen-bond donors (Lipinski definition) is 2. The van der Waals surface area contributed by atoms with Crippen LogP contribution in [-0.2, 0) is 9.59 Å². The summed E-state index contributed by atoms with van der Waals surface area (Å²) in [6.45, 7) is 0.179. The zero-order valence-electron chi connectivity index (χ0n) is 16.3. The number of anilines is 1. The normalized spacial score (nSPS) is 16.2. The molecule has 1 unspecified atom stereocenters. The SMILES string of the molecule is COc1cccc(NC(=O)C[NH+](C)CC(=O)N(CC(F)(F)F)[C@H](C)C2CC2)c1. The number of benzene rings is 1. The molecule has 0 aromatic heterocycles. The Morgan fingerprint density at radius 2 is 2.00 bits per heavy atom. The van der Waals surface area contributed by atoms with E-state index in [0.717, 1.165) is 17.7 Å². The molecule has 156 valence electrons. The van der Waals surface area contributed by atoms with E-state index in [0.29, 0.717) is 16.3 Å². The molecule has 28 heavy (non-hydrogen) atoms. The molecule has 1 fully saturated rings. The minimum Gasteiger partial charge on any atom is -0.497 e. The number of nitrogens with one attached hydrogen (secondary N) is 2. The van der Waals surface area contributed by atoms with Crippen LogP contribution in [0.4, 0.5) is 18.9 Å². The lowest BCUT2D eigenvalue weighted by Crippen LogP contribution is -3.11. The van der Waals surface area contributed by atoms with E-state index in [2.05, 4.69) is 5.32 Å². The van der Waals surface area contributed by atoms with Crippen LogP contribution in [0.3, 0.4) is 0 Å². The molecule has 1 aromatic carbocycles. The largest absolute Gasteiger partial charge is 0.497 e. The molecule has 0 spiro atoms. The van der Waals surface area contributed by atoms with E-state index in [4.69, 9.17) is 4.74 Å². The number of methoxy groups -OCH3 is 1. The Balaban J connectivity index is 1.90. The molecule has 2 amide bonds. The molecule has 6 nitrogen and oxygen atoms in total. The van der Waals surface area contributed by atoms with Crippen LogP contribution in [0.2, 0.25) is 0 Å². The van der Waals surface area contributed by atoms with Crippen LogP contribution in [0.5, 0.6) is 5.75 Å². The number of hydrogen-bond acceptors (Lipinski definition) is 3. The molecule has 1 saturated carbocycles. The summed E-state index contributed by atoms with van der Waals surface area (Å²) in [7, 11) is 3.12. The van der Waals surface area contributed by atoms with Crippen LogP contribution >= 0.6 is 0 Å². The second kappa shape index (κ2) is 9.27. The van der Waals surface area contributed by atoms with E-state index in [1.807, 2.05) is 0 Å². The highest BCUT2D eigenvalue weighted by Gasteiger charge is 2.41. The van der Waals surface area contributed by atoms with Crippen LogP contribution in [0.1, 0.15) is 19.8 Å². The quantitative estimate of drug-likeness (QED) is 0.655. The lowest BCUT2D eigenvalue weighted by Gasteiger charge is -2.30. The maximum atomic E-state index is 12.9. The third-order valence-corrected chi connectivity index (χ3v) is 4.73. The van der Waals surface area contributed by atoms with E-state index in [1.54, 1.807) is 38.2 Å². The Morgan fingerprint density at radius 3 is 2.57 bits per heavy atom. The van der Waals surface area contributed by atoms with Gasteiger partial charge in [0.25, 0.3) is 11.8 Å². The predicted octanol–water partition coefficient (Wildman–Crippen LogP) is 1.34. The van der Waals surface area contributed by atoms with Crippen molar-refractivity contribution in [1.29, 1.82) is 0 Å². The van der Waals surface area contributed by atoms with Crippen molar-refractivity contribution in [3.05, 3.63) is 24.3 Å². The van der Waals surface area contributed by atoms with Gasteiger partial charge in [0.15, 0.2) is 13.1 Å². The van der Waals surface area contributed by atoms with Gasteiger partial charge in [0.05, 0.1) is 14.2 Å². The van der Waals surface area contributed by atoms with Crippen molar-refractivity contribution in [3.8, 4) is 5.75 Å². The average molecular weight is 402 g/mol.